The van der Waals surface area contributed by atoms with E-state index in [1.807, 2.05) is 0 Å². The SMILES string of the molecule is FC(F)(F)C(F)(F)C(F)(F)C(F)(F)[Te]. The second kappa shape index (κ2) is 3.33. The summed E-state index contributed by atoms with van der Waals surface area (Å²) in [6.45, 7) is 0. The minimum atomic E-state index is -6.76. The van der Waals surface area contributed by atoms with Gasteiger partial charge in [-0.25, -0.2) is 0 Å². The van der Waals surface area contributed by atoms with Gasteiger partial charge in [-0.2, -0.15) is 0 Å². The van der Waals surface area contributed by atoms with Crippen molar-refractivity contribution in [1.82, 2.24) is 0 Å². The number of hydrogen-bond acceptors (Lipinski definition) is 0. The minimum absolute atomic E-state index is 0.795. The molecule has 10 heteroatoms. The summed E-state index contributed by atoms with van der Waals surface area (Å²) < 4.78 is 99.7. The van der Waals surface area contributed by atoms with Crippen molar-refractivity contribution in [3.8, 4) is 0 Å². The van der Waals surface area contributed by atoms with E-state index in [4.69, 9.17) is 0 Å². The molecule has 0 bridgehead atoms. The average Bonchev–Trinajstić information content (AvgIpc) is 1.81. The molecule has 0 saturated heterocycles. The van der Waals surface area contributed by atoms with Gasteiger partial charge in [0.15, 0.2) is 0 Å². The number of halogens is 9. The van der Waals surface area contributed by atoms with Gasteiger partial charge in [-0.3, -0.25) is 0 Å². The summed E-state index contributed by atoms with van der Waals surface area (Å²) in [6.07, 6.45) is -6.72. The maximum absolute atomic E-state index is 12.0. The zero-order valence-corrected chi connectivity index (χ0v) is 8.14. The molecule has 0 aliphatic heterocycles. The molecule has 14 heavy (non-hydrogen) atoms. The van der Waals surface area contributed by atoms with Crippen molar-refractivity contribution >= 4 is 22.3 Å². The molecule has 0 aromatic heterocycles. The summed E-state index contributed by atoms with van der Waals surface area (Å²) in [5, 5.41) is 0. The molecule has 0 atom stereocenters. The van der Waals surface area contributed by atoms with E-state index in [0.717, 1.165) is 0 Å². The van der Waals surface area contributed by atoms with Crippen molar-refractivity contribution < 1.29 is 39.5 Å². The van der Waals surface area contributed by atoms with E-state index in [-0.39, 0.29) is 0 Å². The number of rotatable bonds is 2. The van der Waals surface area contributed by atoms with Crippen LogP contribution in [-0.4, -0.2) is 44.3 Å². The van der Waals surface area contributed by atoms with E-state index < -0.39 is 44.3 Å². The predicted molar refractivity (Wildman–Crippen MR) is 26.6 cm³/mol. The van der Waals surface area contributed by atoms with Gasteiger partial charge in [0.05, 0.1) is 0 Å². The molecule has 0 aromatic carbocycles. The molecular weight excluding hydrogens is 347 g/mol. The first-order valence-corrected chi connectivity index (χ1v) is 3.82. The Balaban J connectivity index is 5.30. The van der Waals surface area contributed by atoms with Crippen molar-refractivity contribution in [3.05, 3.63) is 0 Å². The van der Waals surface area contributed by atoms with Gasteiger partial charge >= 0.3 is 83.8 Å². The Bertz CT molecular complexity index is 186. The van der Waals surface area contributed by atoms with Crippen LogP contribution in [-0.2, 0) is 0 Å². The van der Waals surface area contributed by atoms with Crippen LogP contribution in [0.3, 0.4) is 0 Å². The molecule has 0 aliphatic carbocycles. The fourth-order valence-corrected chi connectivity index (χ4v) is 0.727. The molecule has 1 radical (unpaired) electrons. The van der Waals surface area contributed by atoms with E-state index in [1.54, 1.807) is 0 Å². The van der Waals surface area contributed by atoms with E-state index in [0.29, 0.717) is 0 Å². The first-order chi connectivity index (χ1) is 5.75. The monoisotopic (exact) mass is 349 g/mol. The van der Waals surface area contributed by atoms with Gasteiger partial charge in [0.1, 0.15) is 0 Å². The van der Waals surface area contributed by atoms with Crippen molar-refractivity contribution in [1.29, 1.82) is 0 Å². The topological polar surface area (TPSA) is 0 Å². The van der Waals surface area contributed by atoms with Crippen LogP contribution in [0.2, 0.25) is 0 Å². The predicted octanol–water partition coefficient (Wildman–Crippen LogP) is 2.58. The first-order valence-electron chi connectivity index (χ1n) is 2.65. The van der Waals surface area contributed by atoms with Crippen LogP contribution in [0, 0.1) is 0 Å². The second-order valence-corrected chi connectivity index (χ2v) is 3.63. The summed E-state index contributed by atoms with van der Waals surface area (Å²) in [5.41, 5.74) is 0. The summed E-state index contributed by atoms with van der Waals surface area (Å²) in [7, 11) is 0. The zero-order valence-electron chi connectivity index (χ0n) is 5.81. The van der Waals surface area contributed by atoms with Gasteiger partial charge in [-0.05, 0) is 0 Å². The van der Waals surface area contributed by atoms with E-state index in [2.05, 4.69) is 0 Å². The summed E-state index contributed by atoms with van der Waals surface area (Å²) in [6, 6.07) is 0. The third-order valence-electron chi connectivity index (χ3n) is 1.12. The summed E-state index contributed by atoms with van der Waals surface area (Å²) in [5.74, 6) is -13.2. The Morgan fingerprint density at radius 2 is 0.857 bits per heavy atom. The third-order valence-corrected chi connectivity index (χ3v) is 1.85. The molecule has 0 nitrogen and oxygen atoms in total. The van der Waals surface area contributed by atoms with Gasteiger partial charge in [0.2, 0.25) is 0 Å². The Morgan fingerprint density at radius 1 is 0.571 bits per heavy atom. The van der Waals surface area contributed by atoms with E-state index >= 15 is 0 Å². The molecule has 0 aliphatic rings. The molecule has 85 valence electrons. The van der Waals surface area contributed by atoms with Gasteiger partial charge in [-0.15, -0.1) is 0 Å². The quantitative estimate of drug-likeness (QED) is 0.532. The van der Waals surface area contributed by atoms with Gasteiger partial charge in [0.25, 0.3) is 0 Å². The third kappa shape index (κ3) is 2.05. The number of alkyl halides is 9. The average molecular weight is 347 g/mol. The molecule has 0 amide bonds. The Hall–Kier alpha value is 0.160. The fraction of sp³-hybridized carbons (Fsp3) is 1.00. The van der Waals surface area contributed by atoms with Crippen molar-refractivity contribution in [3.63, 3.8) is 0 Å². The van der Waals surface area contributed by atoms with Crippen LogP contribution in [0.1, 0.15) is 0 Å². The first kappa shape index (κ1) is 14.2. The summed E-state index contributed by atoms with van der Waals surface area (Å²) in [4.78, 5) is 0. The molecule has 0 unspecified atom stereocenters. The standard InChI is InChI=1S/C4F9Te/c5-1(6,3(9,10)11)2(7,8)4(12,13)14. The van der Waals surface area contributed by atoms with E-state index in [1.165, 1.54) is 0 Å². The zero-order chi connectivity index (χ0) is 12.0. The van der Waals surface area contributed by atoms with Gasteiger partial charge in [-0.1, -0.05) is 0 Å². The van der Waals surface area contributed by atoms with Gasteiger partial charge in [0, 0.05) is 0 Å². The Morgan fingerprint density at radius 3 is 0.929 bits per heavy atom. The Kier molecular flexibility index (Phi) is 3.37. The molecule has 0 rings (SSSR count). The number of hydrogen-bond donors (Lipinski definition) is 0. The van der Waals surface area contributed by atoms with E-state index in [9.17, 15) is 39.5 Å². The Labute approximate surface area is 84.3 Å². The van der Waals surface area contributed by atoms with Gasteiger partial charge < -0.3 is 0 Å². The molecule has 0 aromatic rings. The van der Waals surface area contributed by atoms with Crippen LogP contribution < -0.4 is 0 Å². The normalized spacial score (nSPS) is 15.9. The molecule has 0 spiro atoms. The van der Waals surface area contributed by atoms with Crippen molar-refractivity contribution in [2.24, 2.45) is 0 Å². The maximum atomic E-state index is 12.0. The molecule has 0 saturated carbocycles. The van der Waals surface area contributed by atoms with Crippen molar-refractivity contribution in [2.45, 2.75) is 22.0 Å². The molecule has 0 N–H and O–H groups in total. The van der Waals surface area contributed by atoms with Crippen LogP contribution >= 0.6 is 0 Å². The van der Waals surface area contributed by atoms with Crippen LogP contribution in [0.5, 0.6) is 0 Å². The van der Waals surface area contributed by atoms with Crippen LogP contribution in [0.4, 0.5) is 39.5 Å². The van der Waals surface area contributed by atoms with Crippen LogP contribution in [0.15, 0.2) is 0 Å². The fourth-order valence-electron chi connectivity index (χ4n) is 0.361. The van der Waals surface area contributed by atoms with Crippen molar-refractivity contribution in [2.75, 3.05) is 0 Å². The molecule has 0 heterocycles. The van der Waals surface area contributed by atoms with Crippen LogP contribution in [0.25, 0.3) is 0 Å². The molecular formula is C4F9Te. The molecule has 0 fully saturated rings. The summed E-state index contributed by atoms with van der Waals surface area (Å²) >= 11 is -0.795. The second-order valence-electron chi connectivity index (χ2n) is 2.16.